The fourth-order valence-corrected chi connectivity index (χ4v) is 4.49. The van der Waals surface area contributed by atoms with Crippen molar-refractivity contribution in [1.29, 1.82) is 0 Å². The predicted molar refractivity (Wildman–Crippen MR) is 117 cm³/mol. The van der Waals surface area contributed by atoms with Crippen molar-refractivity contribution in [3.63, 3.8) is 0 Å². The number of benzene rings is 1. The van der Waals surface area contributed by atoms with Gasteiger partial charge in [-0.05, 0) is 44.2 Å². The molecule has 3 atom stereocenters. The minimum atomic E-state index is 0.0749. The molecule has 0 bridgehead atoms. The van der Waals surface area contributed by atoms with Gasteiger partial charge in [-0.2, -0.15) is 0 Å². The van der Waals surface area contributed by atoms with Crippen LogP contribution in [0.4, 0.5) is 17.2 Å². The molecule has 2 aliphatic heterocycles. The minimum absolute atomic E-state index is 0.0749. The van der Waals surface area contributed by atoms with Crippen molar-refractivity contribution < 1.29 is 9.53 Å². The van der Waals surface area contributed by atoms with Gasteiger partial charge in [-0.3, -0.25) is 4.79 Å². The number of nitrogens with one attached hydrogen (secondary N) is 1. The molecule has 2 aromatic rings. The van der Waals surface area contributed by atoms with E-state index in [-0.39, 0.29) is 23.9 Å². The highest BCUT2D eigenvalue weighted by Crippen LogP contribution is 2.43. The van der Waals surface area contributed by atoms with E-state index in [1.807, 2.05) is 30.0 Å². The van der Waals surface area contributed by atoms with Crippen LogP contribution in [0.3, 0.4) is 0 Å². The summed E-state index contributed by atoms with van der Waals surface area (Å²) in [6, 6.07) is 12.7. The van der Waals surface area contributed by atoms with Gasteiger partial charge >= 0.3 is 0 Å². The highest BCUT2D eigenvalue weighted by molar-refractivity contribution is 5.94. The molecule has 0 aliphatic carbocycles. The fourth-order valence-electron chi connectivity index (χ4n) is 4.49. The average Bonchev–Trinajstić information content (AvgIpc) is 2.72. The molecule has 29 heavy (non-hydrogen) atoms. The molecule has 0 unspecified atom stereocenters. The SMILES string of the molecule is CC(=O)N1c2ccc(N3CCOCC3)cc2[C@H](Nc2cccc(C)n2)[C@@H](C)[C@@H]1C. The summed E-state index contributed by atoms with van der Waals surface area (Å²) < 4.78 is 5.51. The van der Waals surface area contributed by atoms with Crippen LogP contribution in [0.15, 0.2) is 36.4 Å². The lowest BCUT2D eigenvalue weighted by Gasteiger charge is -2.44. The van der Waals surface area contributed by atoms with Gasteiger partial charge in [0.1, 0.15) is 5.82 Å². The molecule has 0 spiro atoms. The number of pyridine rings is 1. The Labute approximate surface area is 172 Å². The summed E-state index contributed by atoms with van der Waals surface area (Å²) in [6.07, 6.45) is 0. The summed E-state index contributed by atoms with van der Waals surface area (Å²) in [6.45, 7) is 11.3. The molecule has 0 saturated carbocycles. The zero-order valence-corrected chi connectivity index (χ0v) is 17.7. The number of morpholine rings is 1. The van der Waals surface area contributed by atoms with Crippen molar-refractivity contribution in [2.75, 3.05) is 41.4 Å². The summed E-state index contributed by atoms with van der Waals surface area (Å²) in [4.78, 5) is 21.4. The maximum Gasteiger partial charge on any atom is 0.224 e. The van der Waals surface area contributed by atoms with Crippen LogP contribution >= 0.6 is 0 Å². The topological polar surface area (TPSA) is 57.7 Å². The number of aryl methyl sites for hydroxylation is 1. The monoisotopic (exact) mass is 394 g/mol. The first kappa shape index (κ1) is 19.7. The van der Waals surface area contributed by atoms with Crippen molar-refractivity contribution in [1.82, 2.24) is 4.98 Å². The van der Waals surface area contributed by atoms with Crippen LogP contribution in [0.1, 0.15) is 38.1 Å². The van der Waals surface area contributed by atoms with E-state index in [0.717, 1.165) is 49.1 Å². The predicted octanol–water partition coefficient (Wildman–Crippen LogP) is 3.77. The Balaban J connectivity index is 1.76. The third kappa shape index (κ3) is 3.81. The Morgan fingerprint density at radius 2 is 1.93 bits per heavy atom. The Morgan fingerprint density at radius 1 is 1.17 bits per heavy atom. The standard InChI is InChI=1S/C23H30N4O2/c1-15-6-5-7-22(24-15)25-23-16(2)17(3)27(18(4)28)21-9-8-19(14-20(21)23)26-10-12-29-13-11-26/h5-9,14,16-17,23H,10-13H2,1-4H3,(H,24,25)/t16-,17-,23+/m0/s1. The van der Waals surface area contributed by atoms with E-state index in [0.29, 0.717) is 0 Å². The van der Waals surface area contributed by atoms with Crippen LogP contribution in [0.25, 0.3) is 0 Å². The number of aromatic nitrogens is 1. The maximum atomic E-state index is 12.5. The average molecular weight is 395 g/mol. The van der Waals surface area contributed by atoms with Crippen LogP contribution in [0, 0.1) is 12.8 Å². The lowest BCUT2D eigenvalue weighted by Crippen LogP contribution is -2.48. The number of rotatable bonds is 3. The zero-order valence-electron chi connectivity index (χ0n) is 17.7. The third-order valence-electron chi connectivity index (χ3n) is 6.21. The van der Waals surface area contributed by atoms with Crippen molar-refractivity contribution in [2.45, 2.75) is 39.8 Å². The number of ether oxygens (including phenoxy) is 1. The number of nitrogens with zero attached hydrogens (tertiary/aromatic N) is 3. The van der Waals surface area contributed by atoms with Gasteiger partial charge in [0.15, 0.2) is 0 Å². The molecule has 1 saturated heterocycles. The molecule has 0 radical (unpaired) electrons. The van der Waals surface area contributed by atoms with Crippen LogP contribution in [0.2, 0.25) is 0 Å². The summed E-state index contributed by atoms with van der Waals surface area (Å²) in [5, 5.41) is 3.66. The van der Waals surface area contributed by atoms with E-state index in [1.54, 1.807) is 6.92 Å². The molecule has 154 valence electrons. The van der Waals surface area contributed by atoms with Crippen molar-refractivity contribution in [3.8, 4) is 0 Å². The minimum Gasteiger partial charge on any atom is -0.378 e. The molecule has 3 heterocycles. The van der Waals surface area contributed by atoms with E-state index in [9.17, 15) is 4.79 Å². The molecular weight excluding hydrogens is 364 g/mol. The molecule has 1 N–H and O–H groups in total. The second-order valence-electron chi connectivity index (χ2n) is 8.12. The van der Waals surface area contributed by atoms with Gasteiger partial charge in [0.2, 0.25) is 5.91 Å². The first-order valence-electron chi connectivity index (χ1n) is 10.4. The number of amides is 1. The van der Waals surface area contributed by atoms with Gasteiger partial charge in [0, 0.05) is 54.6 Å². The number of fused-ring (bicyclic) bond motifs is 1. The molecule has 1 amide bonds. The van der Waals surface area contributed by atoms with Crippen LogP contribution in [0.5, 0.6) is 0 Å². The Kier molecular flexibility index (Phi) is 5.46. The van der Waals surface area contributed by atoms with Gasteiger partial charge < -0.3 is 19.9 Å². The van der Waals surface area contributed by atoms with Gasteiger partial charge in [-0.1, -0.05) is 13.0 Å². The van der Waals surface area contributed by atoms with E-state index in [2.05, 4.69) is 47.2 Å². The van der Waals surface area contributed by atoms with Gasteiger partial charge in [0.05, 0.1) is 19.3 Å². The highest BCUT2D eigenvalue weighted by Gasteiger charge is 2.38. The van der Waals surface area contributed by atoms with Crippen LogP contribution in [-0.4, -0.2) is 43.2 Å². The second-order valence-corrected chi connectivity index (χ2v) is 8.12. The van der Waals surface area contributed by atoms with E-state index in [4.69, 9.17) is 4.74 Å². The Bertz CT molecular complexity index is 894. The first-order valence-corrected chi connectivity index (χ1v) is 10.4. The van der Waals surface area contributed by atoms with E-state index in [1.165, 1.54) is 5.69 Å². The number of carbonyl (C=O) groups is 1. The molecule has 1 aromatic heterocycles. The second kappa shape index (κ2) is 8.03. The molecule has 6 heteroatoms. The van der Waals surface area contributed by atoms with Crippen molar-refractivity contribution in [2.24, 2.45) is 5.92 Å². The molecule has 4 rings (SSSR count). The van der Waals surface area contributed by atoms with Crippen molar-refractivity contribution in [3.05, 3.63) is 47.7 Å². The number of hydrogen-bond acceptors (Lipinski definition) is 5. The van der Waals surface area contributed by atoms with Gasteiger partial charge in [0.25, 0.3) is 0 Å². The number of hydrogen-bond donors (Lipinski definition) is 1. The molecule has 6 nitrogen and oxygen atoms in total. The largest absolute Gasteiger partial charge is 0.378 e. The lowest BCUT2D eigenvalue weighted by atomic mass is 9.82. The third-order valence-corrected chi connectivity index (χ3v) is 6.21. The summed E-state index contributed by atoms with van der Waals surface area (Å²) in [5.74, 6) is 1.18. The number of anilines is 3. The van der Waals surface area contributed by atoms with Gasteiger partial charge in [-0.25, -0.2) is 4.98 Å². The maximum absolute atomic E-state index is 12.5. The molecular formula is C23H30N4O2. The summed E-state index contributed by atoms with van der Waals surface area (Å²) >= 11 is 0. The normalized spacial score (nSPS) is 24.2. The lowest BCUT2D eigenvalue weighted by molar-refractivity contribution is -0.117. The Hall–Kier alpha value is -2.60. The van der Waals surface area contributed by atoms with E-state index < -0.39 is 0 Å². The van der Waals surface area contributed by atoms with Crippen LogP contribution in [-0.2, 0) is 9.53 Å². The first-order chi connectivity index (χ1) is 14.0. The smallest absolute Gasteiger partial charge is 0.224 e. The highest BCUT2D eigenvalue weighted by atomic mass is 16.5. The van der Waals surface area contributed by atoms with Gasteiger partial charge in [-0.15, -0.1) is 0 Å². The zero-order chi connectivity index (χ0) is 20.5. The van der Waals surface area contributed by atoms with Crippen molar-refractivity contribution >= 4 is 23.1 Å². The fraction of sp³-hybridized carbons (Fsp3) is 0.478. The Morgan fingerprint density at radius 3 is 2.62 bits per heavy atom. The molecule has 2 aliphatic rings. The van der Waals surface area contributed by atoms with Crippen LogP contribution < -0.4 is 15.1 Å². The molecule has 1 fully saturated rings. The summed E-state index contributed by atoms with van der Waals surface area (Å²) in [7, 11) is 0. The number of carbonyl (C=O) groups excluding carboxylic acids is 1. The van der Waals surface area contributed by atoms with E-state index >= 15 is 0 Å². The summed E-state index contributed by atoms with van der Waals surface area (Å²) in [5.41, 5.74) is 4.31. The quantitative estimate of drug-likeness (QED) is 0.859. The molecule has 1 aromatic carbocycles.